The number of hydrogen-bond acceptors (Lipinski definition) is 4. The SMILES string of the molecule is CCOc1ccc2[nH]c(=O)c(CN(CCN(C)C)C(=S)N[C@H](C)c3ccccc3)cc2c1. The number of likely N-dealkylation sites (N-methyl/N-ethyl adjacent to an activating group) is 1. The third-order valence-electron chi connectivity index (χ3n) is 5.31. The molecule has 0 aliphatic carbocycles. The van der Waals surface area contributed by atoms with Crippen molar-refractivity contribution in [2.75, 3.05) is 33.8 Å². The van der Waals surface area contributed by atoms with Crippen LogP contribution in [0.2, 0.25) is 0 Å². The van der Waals surface area contributed by atoms with Crippen LogP contribution in [-0.4, -0.2) is 53.7 Å². The van der Waals surface area contributed by atoms with Crippen LogP contribution in [0.1, 0.15) is 31.0 Å². The molecule has 7 heteroatoms. The van der Waals surface area contributed by atoms with Crippen LogP contribution >= 0.6 is 12.2 Å². The van der Waals surface area contributed by atoms with E-state index in [-0.39, 0.29) is 11.6 Å². The van der Waals surface area contributed by atoms with Crippen LogP contribution < -0.4 is 15.6 Å². The number of ether oxygens (including phenoxy) is 1. The largest absolute Gasteiger partial charge is 0.494 e. The molecule has 0 aliphatic heterocycles. The van der Waals surface area contributed by atoms with Gasteiger partial charge in [-0.05, 0) is 70.0 Å². The number of aromatic amines is 1. The molecule has 170 valence electrons. The molecule has 0 aliphatic rings. The van der Waals surface area contributed by atoms with E-state index in [1.54, 1.807) is 0 Å². The summed E-state index contributed by atoms with van der Waals surface area (Å²) in [6.45, 7) is 6.59. The second-order valence-corrected chi connectivity index (χ2v) is 8.50. The van der Waals surface area contributed by atoms with Gasteiger partial charge in [-0.3, -0.25) is 4.79 Å². The number of nitrogens with one attached hydrogen (secondary N) is 2. The summed E-state index contributed by atoms with van der Waals surface area (Å²) in [7, 11) is 4.05. The normalized spacial score (nSPS) is 12.0. The number of benzene rings is 2. The smallest absolute Gasteiger partial charge is 0.253 e. The molecule has 0 unspecified atom stereocenters. The van der Waals surface area contributed by atoms with E-state index >= 15 is 0 Å². The van der Waals surface area contributed by atoms with E-state index in [1.165, 1.54) is 0 Å². The molecule has 1 atom stereocenters. The lowest BCUT2D eigenvalue weighted by molar-refractivity contribution is 0.320. The van der Waals surface area contributed by atoms with Gasteiger partial charge in [-0.25, -0.2) is 0 Å². The van der Waals surface area contributed by atoms with Gasteiger partial charge in [0, 0.05) is 29.6 Å². The van der Waals surface area contributed by atoms with Gasteiger partial charge in [-0.1, -0.05) is 30.3 Å². The van der Waals surface area contributed by atoms with E-state index in [0.717, 1.165) is 28.8 Å². The second kappa shape index (κ2) is 11.1. The molecule has 3 aromatic rings. The Bertz CT molecular complexity index is 1100. The molecule has 3 rings (SSSR count). The number of pyridine rings is 1. The Morgan fingerprint density at radius 1 is 1.12 bits per heavy atom. The first-order chi connectivity index (χ1) is 15.4. The third kappa shape index (κ3) is 6.31. The van der Waals surface area contributed by atoms with E-state index in [0.29, 0.717) is 30.4 Å². The predicted molar refractivity (Wildman–Crippen MR) is 135 cm³/mol. The molecule has 2 N–H and O–H groups in total. The van der Waals surface area contributed by atoms with Crippen molar-refractivity contribution in [3.8, 4) is 5.75 Å². The first-order valence-electron chi connectivity index (χ1n) is 10.9. The number of fused-ring (bicyclic) bond motifs is 1. The lowest BCUT2D eigenvalue weighted by Crippen LogP contribution is -2.44. The van der Waals surface area contributed by atoms with Crippen molar-refractivity contribution >= 4 is 28.2 Å². The van der Waals surface area contributed by atoms with Crippen LogP contribution in [0.15, 0.2) is 59.4 Å². The molecular formula is C25H32N4O2S. The Morgan fingerprint density at radius 2 is 1.88 bits per heavy atom. The average molecular weight is 453 g/mol. The number of hydrogen-bond donors (Lipinski definition) is 2. The lowest BCUT2D eigenvalue weighted by Gasteiger charge is -2.29. The maximum absolute atomic E-state index is 12.8. The molecule has 0 bridgehead atoms. The first kappa shape index (κ1) is 23.8. The van der Waals surface area contributed by atoms with Gasteiger partial charge in [0.1, 0.15) is 5.75 Å². The Balaban J connectivity index is 1.83. The van der Waals surface area contributed by atoms with E-state index in [4.69, 9.17) is 17.0 Å². The van der Waals surface area contributed by atoms with Gasteiger partial charge in [0.2, 0.25) is 0 Å². The van der Waals surface area contributed by atoms with Crippen LogP contribution in [0.5, 0.6) is 5.75 Å². The number of H-pyrrole nitrogens is 1. The highest BCUT2D eigenvalue weighted by Crippen LogP contribution is 2.20. The van der Waals surface area contributed by atoms with E-state index in [1.807, 2.05) is 63.5 Å². The summed E-state index contributed by atoms with van der Waals surface area (Å²) in [5.74, 6) is 0.788. The Kier molecular flexibility index (Phi) is 8.25. The summed E-state index contributed by atoms with van der Waals surface area (Å²) < 4.78 is 5.62. The van der Waals surface area contributed by atoms with Gasteiger partial charge in [-0.2, -0.15) is 0 Å². The predicted octanol–water partition coefficient (Wildman–Crippen LogP) is 3.93. The number of rotatable bonds is 9. The van der Waals surface area contributed by atoms with E-state index in [9.17, 15) is 4.79 Å². The zero-order valence-electron chi connectivity index (χ0n) is 19.2. The Morgan fingerprint density at radius 3 is 2.56 bits per heavy atom. The standard InChI is InChI=1S/C25H32N4O2S/c1-5-31-22-11-12-23-20(16-22)15-21(24(30)27-23)17-29(14-13-28(3)4)25(32)26-18(2)19-9-7-6-8-10-19/h6-12,15-16,18H,5,13-14,17H2,1-4H3,(H,26,32)(H,27,30)/t18-/m1/s1. The van der Waals surface area contributed by atoms with Gasteiger partial charge in [0.25, 0.3) is 5.56 Å². The lowest BCUT2D eigenvalue weighted by atomic mass is 10.1. The molecule has 0 saturated heterocycles. The zero-order chi connectivity index (χ0) is 23.1. The van der Waals surface area contributed by atoms with Gasteiger partial charge in [0.05, 0.1) is 19.2 Å². The maximum atomic E-state index is 12.8. The fraction of sp³-hybridized carbons (Fsp3) is 0.360. The number of aromatic nitrogens is 1. The number of nitrogens with zero attached hydrogens (tertiary/aromatic N) is 2. The van der Waals surface area contributed by atoms with Gasteiger partial charge in [0.15, 0.2) is 5.11 Å². The minimum Gasteiger partial charge on any atom is -0.494 e. The summed E-state index contributed by atoms with van der Waals surface area (Å²) in [6, 6.07) is 17.9. The zero-order valence-corrected chi connectivity index (χ0v) is 20.0. The highest BCUT2D eigenvalue weighted by Gasteiger charge is 2.16. The van der Waals surface area contributed by atoms with Gasteiger partial charge < -0.3 is 24.8 Å². The van der Waals surface area contributed by atoms with Crippen LogP contribution in [0.25, 0.3) is 10.9 Å². The van der Waals surface area contributed by atoms with Crippen LogP contribution in [0, 0.1) is 0 Å². The van der Waals surface area contributed by atoms with Crippen molar-refractivity contribution in [1.82, 2.24) is 20.1 Å². The van der Waals surface area contributed by atoms with Crippen molar-refractivity contribution < 1.29 is 4.74 Å². The molecular weight excluding hydrogens is 420 g/mol. The quantitative estimate of drug-likeness (QED) is 0.480. The van der Waals surface area contributed by atoms with Crippen LogP contribution in [0.4, 0.5) is 0 Å². The average Bonchev–Trinajstić information content (AvgIpc) is 2.77. The molecule has 0 radical (unpaired) electrons. The van der Waals surface area contributed by atoms with Crippen molar-refractivity contribution in [1.29, 1.82) is 0 Å². The second-order valence-electron chi connectivity index (χ2n) is 8.11. The summed E-state index contributed by atoms with van der Waals surface area (Å²) in [5, 5.41) is 5.00. The van der Waals surface area contributed by atoms with Gasteiger partial charge in [-0.15, -0.1) is 0 Å². The minimum absolute atomic E-state index is 0.0641. The third-order valence-corrected chi connectivity index (χ3v) is 5.68. The van der Waals surface area contributed by atoms with E-state index < -0.39 is 0 Å². The summed E-state index contributed by atoms with van der Waals surface area (Å²) in [5.41, 5.74) is 2.52. The summed E-state index contributed by atoms with van der Waals surface area (Å²) in [4.78, 5) is 19.9. The summed E-state index contributed by atoms with van der Waals surface area (Å²) >= 11 is 5.76. The summed E-state index contributed by atoms with van der Waals surface area (Å²) in [6.07, 6.45) is 0. The Hall–Kier alpha value is -2.90. The highest BCUT2D eigenvalue weighted by atomic mass is 32.1. The molecule has 1 aromatic heterocycles. The molecule has 32 heavy (non-hydrogen) atoms. The van der Waals surface area contributed by atoms with Gasteiger partial charge >= 0.3 is 0 Å². The fourth-order valence-electron chi connectivity index (χ4n) is 3.48. The molecule has 0 spiro atoms. The molecule has 0 fully saturated rings. The van der Waals surface area contributed by atoms with Crippen molar-refractivity contribution in [3.63, 3.8) is 0 Å². The molecule has 0 amide bonds. The van der Waals surface area contributed by atoms with Crippen molar-refractivity contribution in [2.45, 2.75) is 26.4 Å². The molecule has 1 heterocycles. The van der Waals surface area contributed by atoms with Crippen molar-refractivity contribution in [3.05, 3.63) is 76.1 Å². The Labute approximate surface area is 195 Å². The fourth-order valence-corrected chi connectivity index (χ4v) is 3.82. The number of thiocarbonyl (C=S) groups is 1. The maximum Gasteiger partial charge on any atom is 0.253 e. The van der Waals surface area contributed by atoms with Crippen molar-refractivity contribution in [2.24, 2.45) is 0 Å². The minimum atomic E-state index is -0.101. The van der Waals surface area contributed by atoms with E-state index in [2.05, 4.69) is 39.2 Å². The molecule has 2 aromatic carbocycles. The topological polar surface area (TPSA) is 60.6 Å². The molecule has 0 saturated carbocycles. The monoisotopic (exact) mass is 452 g/mol. The van der Waals surface area contributed by atoms with Crippen LogP contribution in [-0.2, 0) is 6.54 Å². The highest BCUT2D eigenvalue weighted by molar-refractivity contribution is 7.80. The van der Waals surface area contributed by atoms with Crippen LogP contribution in [0.3, 0.4) is 0 Å². The molecule has 6 nitrogen and oxygen atoms in total. The first-order valence-corrected chi connectivity index (χ1v) is 11.3.